The number of rotatable bonds is 13. The molecular weight excluding hydrogens is 486 g/mol. The first-order valence-corrected chi connectivity index (χ1v) is 14.3. The van der Waals surface area contributed by atoms with Gasteiger partial charge in [-0.3, -0.25) is 13.9 Å². The van der Waals surface area contributed by atoms with Crippen molar-refractivity contribution in [3.8, 4) is 0 Å². The summed E-state index contributed by atoms with van der Waals surface area (Å²) in [5.41, 5.74) is 2.15. The number of nitrogens with zero attached hydrogens (tertiary/aromatic N) is 2. The first-order chi connectivity index (χ1) is 17.8. The normalized spacial score (nSPS) is 11.9. The maximum Gasteiger partial charge on any atom is 0.244 e. The lowest BCUT2D eigenvalue weighted by atomic mass is 10.0. The molecule has 7 nitrogen and oxygen atoms in total. The van der Waals surface area contributed by atoms with E-state index in [-0.39, 0.29) is 12.5 Å². The van der Waals surface area contributed by atoms with Crippen molar-refractivity contribution in [3.05, 3.63) is 102 Å². The summed E-state index contributed by atoms with van der Waals surface area (Å²) in [6.45, 7) is 2.31. The van der Waals surface area contributed by atoms with Crippen LogP contribution < -0.4 is 9.62 Å². The van der Waals surface area contributed by atoms with E-state index in [1.165, 1.54) is 4.90 Å². The van der Waals surface area contributed by atoms with E-state index >= 15 is 0 Å². The largest absolute Gasteiger partial charge is 0.354 e. The molecule has 0 bridgehead atoms. The second-order valence-corrected chi connectivity index (χ2v) is 10.9. The molecule has 1 atom stereocenters. The van der Waals surface area contributed by atoms with Gasteiger partial charge in [0, 0.05) is 19.5 Å². The van der Waals surface area contributed by atoms with Gasteiger partial charge in [-0.25, -0.2) is 8.42 Å². The first-order valence-electron chi connectivity index (χ1n) is 12.5. The highest BCUT2D eigenvalue weighted by Gasteiger charge is 2.32. The standard InChI is InChI=1S/C29H35N3O4S/c1-3-4-20-30-29(34)27(21-24-14-8-5-9-15-24)31(22-25-16-10-6-11-17-25)28(33)23-32(37(2,35)36)26-18-12-7-13-19-26/h5-19,27H,3-4,20-23H2,1-2H3,(H,30,34)/t27-/m1/s1. The molecule has 0 aliphatic heterocycles. The number of anilines is 1. The molecule has 0 unspecified atom stereocenters. The van der Waals surface area contributed by atoms with E-state index in [1.54, 1.807) is 30.3 Å². The minimum Gasteiger partial charge on any atom is -0.354 e. The Balaban J connectivity index is 1.99. The van der Waals surface area contributed by atoms with Crippen molar-refractivity contribution in [1.29, 1.82) is 0 Å². The molecule has 0 spiro atoms. The molecule has 0 aromatic heterocycles. The number of hydrogen-bond acceptors (Lipinski definition) is 4. The van der Waals surface area contributed by atoms with Crippen molar-refractivity contribution >= 4 is 27.5 Å². The van der Waals surface area contributed by atoms with Gasteiger partial charge in [0.15, 0.2) is 0 Å². The number of sulfonamides is 1. The zero-order chi connectivity index (χ0) is 26.7. The SMILES string of the molecule is CCCCNC(=O)[C@@H](Cc1ccccc1)N(Cc1ccccc1)C(=O)CN(c1ccccc1)S(C)(=O)=O. The summed E-state index contributed by atoms with van der Waals surface area (Å²) >= 11 is 0. The number of hydrogen-bond donors (Lipinski definition) is 1. The molecule has 0 saturated carbocycles. The summed E-state index contributed by atoms with van der Waals surface area (Å²) in [5, 5.41) is 2.98. The minimum atomic E-state index is -3.76. The lowest BCUT2D eigenvalue weighted by molar-refractivity contribution is -0.140. The number of unbranched alkanes of at least 4 members (excludes halogenated alkanes) is 1. The Kier molecular flexibility index (Phi) is 10.3. The Morgan fingerprint density at radius 3 is 1.92 bits per heavy atom. The van der Waals surface area contributed by atoms with Gasteiger partial charge in [0.25, 0.3) is 0 Å². The minimum absolute atomic E-state index is 0.171. The van der Waals surface area contributed by atoms with Crippen LogP contribution >= 0.6 is 0 Å². The van der Waals surface area contributed by atoms with Gasteiger partial charge in [0.1, 0.15) is 12.6 Å². The topological polar surface area (TPSA) is 86.8 Å². The number of carbonyl (C=O) groups is 2. The van der Waals surface area contributed by atoms with E-state index in [1.807, 2.05) is 67.6 Å². The summed E-state index contributed by atoms with van der Waals surface area (Å²) in [7, 11) is -3.76. The van der Waals surface area contributed by atoms with Crippen LogP contribution in [0.15, 0.2) is 91.0 Å². The molecule has 2 amide bonds. The molecule has 3 rings (SSSR count). The fourth-order valence-electron chi connectivity index (χ4n) is 4.05. The van der Waals surface area contributed by atoms with Crippen molar-refractivity contribution in [1.82, 2.24) is 10.2 Å². The van der Waals surface area contributed by atoms with Gasteiger partial charge in [0.2, 0.25) is 21.8 Å². The number of nitrogens with one attached hydrogen (secondary N) is 1. The highest BCUT2D eigenvalue weighted by atomic mass is 32.2. The fraction of sp³-hybridized carbons (Fsp3) is 0.310. The molecular formula is C29H35N3O4S. The smallest absolute Gasteiger partial charge is 0.244 e. The van der Waals surface area contributed by atoms with E-state index in [9.17, 15) is 18.0 Å². The number of benzene rings is 3. The molecule has 196 valence electrons. The van der Waals surface area contributed by atoms with Gasteiger partial charge in [-0.2, -0.15) is 0 Å². The monoisotopic (exact) mass is 521 g/mol. The number of para-hydroxylation sites is 1. The summed E-state index contributed by atoms with van der Waals surface area (Å²) in [6.07, 6.45) is 3.14. The van der Waals surface area contributed by atoms with Crippen molar-refractivity contribution < 1.29 is 18.0 Å². The molecule has 0 saturated heterocycles. The predicted molar refractivity (Wildman–Crippen MR) is 147 cm³/mol. The molecule has 37 heavy (non-hydrogen) atoms. The van der Waals surface area contributed by atoms with Crippen molar-refractivity contribution in [2.75, 3.05) is 23.7 Å². The van der Waals surface area contributed by atoms with E-state index in [0.29, 0.717) is 18.7 Å². The predicted octanol–water partition coefficient (Wildman–Crippen LogP) is 4.01. The van der Waals surface area contributed by atoms with Crippen LogP contribution in [0.2, 0.25) is 0 Å². The molecule has 0 heterocycles. The summed E-state index contributed by atoms with van der Waals surface area (Å²) in [6, 6.07) is 26.6. The molecule has 0 radical (unpaired) electrons. The maximum atomic E-state index is 13.9. The van der Waals surface area contributed by atoms with E-state index < -0.39 is 28.5 Å². The molecule has 0 fully saturated rings. The fourth-order valence-corrected chi connectivity index (χ4v) is 4.90. The summed E-state index contributed by atoms with van der Waals surface area (Å²) in [5.74, 6) is -0.711. The first kappa shape index (κ1) is 27.9. The van der Waals surface area contributed by atoms with Crippen LogP contribution in [-0.4, -0.2) is 50.5 Å². The van der Waals surface area contributed by atoms with E-state index in [0.717, 1.165) is 34.5 Å². The van der Waals surface area contributed by atoms with Crippen LogP contribution in [0.5, 0.6) is 0 Å². The molecule has 0 aliphatic carbocycles. The van der Waals surface area contributed by atoms with Gasteiger partial charge >= 0.3 is 0 Å². The van der Waals surface area contributed by atoms with Crippen LogP contribution in [0.3, 0.4) is 0 Å². The van der Waals surface area contributed by atoms with Gasteiger partial charge < -0.3 is 10.2 Å². The molecule has 0 aliphatic rings. The summed E-state index contributed by atoms with van der Waals surface area (Å²) < 4.78 is 26.5. The van der Waals surface area contributed by atoms with Crippen molar-refractivity contribution in [2.45, 2.75) is 38.8 Å². The highest BCUT2D eigenvalue weighted by molar-refractivity contribution is 7.92. The Morgan fingerprint density at radius 2 is 1.38 bits per heavy atom. The Labute approximate surface area is 220 Å². The second-order valence-electron chi connectivity index (χ2n) is 8.96. The van der Waals surface area contributed by atoms with Crippen molar-refractivity contribution in [3.63, 3.8) is 0 Å². The van der Waals surface area contributed by atoms with Gasteiger partial charge in [-0.15, -0.1) is 0 Å². The van der Waals surface area contributed by atoms with Crippen LogP contribution in [-0.2, 0) is 32.6 Å². The van der Waals surface area contributed by atoms with Crippen LogP contribution in [0.1, 0.15) is 30.9 Å². The molecule has 1 N–H and O–H groups in total. The van der Waals surface area contributed by atoms with Gasteiger partial charge in [-0.05, 0) is 29.7 Å². The third-order valence-corrected chi connectivity index (χ3v) is 7.16. The number of amides is 2. The third kappa shape index (κ3) is 8.46. The molecule has 3 aromatic rings. The lowest BCUT2D eigenvalue weighted by Gasteiger charge is -2.33. The highest BCUT2D eigenvalue weighted by Crippen LogP contribution is 2.20. The lowest BCUT2D eigenvalue weighted by Crippen LogP contribution is -2.53. The van der Waals surface area contributed by atoms with Crippen molar-refractivity contribution in [2.24, 2.45) is 0 Å². The Morgan fingerprint density at radius 1 is 0.838 bits per heavy atom. The average Bonchev–Trinajstić information content (AvgIpc) is 2.90. The Hall–Kier alpha value is -3.65. The molecule has 8 heteroatoms. The number of carbonyl (C=O) groups excluding carboxylic acids is 2. The Bertz CT molecular complexity index is 1240. The molecule has 3 aromatic carbocycles. The van der Waals surface area contributed by atoms with Crippen LogP contribution in [0.25, 0.3) is 0 Å². The summed E-state index contributed by atoms with van der Waals surface area (Å²) in [4.78, 5) is 28.9. The average molecular weight is 522 g/mol. The zero-order valence-corrected chi connectivity index (χ0v) is 22.2. The second kappa shape index (κ2) is 13.6. The van der Waals surface area contributed by atoms with Gasteiger partial charge in [-0.1, -0.05) is 92.2 Å². The third-order valence-electron chi connectivity index (χ3n) is 6.02. The van der Waals surface area contributed by atoms with E-state index in [4.69, 9.17) is 0 Å². The van der Waals surface area contributed by atoms with Crippen LogP contribution in [0.4, 0.5) is 5.69 Å². The zero-order valence-electron chi connectivity index (χ0n) is 21.4. The van der Waals surface area contributed by atoms with Crippen LogP contribution in [0, 0.1) is 0 Å². The quantitative estimate of drug-likeness (QED) is 0.345. The maximum absolute atomic E-state index is 13.9. The van der Waals surface area contributed by atoms with E-state index in [2.05, 4.69) is 5.32 Å². The van der Waals surface area contributed by atoms with Gasteiger partial charge in [0.05, 0.1) is 11.9 Å².